The predicted molar refractivity (Wildman–Crippen MR) is 67.4 cm³/mol. The van der Waals surface area contributed by atoms with Gasteiger partial charge in [-0.2, -0.15) is 0 Å². The maximum absolute atomic E-state index is 5.50. The summed E-state index contributed by atoms with van der Waals surface area (Å²) in [5.74, 6) is 0. The molecule has 3 N–H and O–H groups in total. The fourth-order valence-electron chi connectivity index (χ4n) is 1.30. The van der Waals surface area contributed by atoms with Crippen LogP contribution >= 0.6 is 22.7 Å². The van der Waals surface area contributed by atoms with Gasteiger partial charge in [-0.1, -0.05) is 0 Å². The smallest absolute Gasteiger partial charge is 0.107 e. The Hall–Kier alpha value is -0.820. The zero-order valence-electron chi connectivity index (χ0n) is 9.06. The summed E-state index contributed by atoms with van der Waals surface area (Å²) in [5.41, 5.74) is 6.56. The van der Waals surface area contributed by atoms with Gasteiger partial charge < -0.3 is 11.1 Å². The van der Waals surface area contributed by atoms with E-state index in [2.05, 4.69) is 22.2 Å². The lowest BCUT2D eigenvalue weighted by Crippen LogP contribution is -2.12. The molecule has 0 aliphatic rings. The van der Waals surface area contributed by atoms with E-state index in [1.165, 1.54) is 4.88 Å². The zero-order chi connectivity index (χ0) is 11.4. The van der Waals surface area contributed by atoms with Crippen LogP contribution in [0.4, 0.5) is 0 Å². The van der Waals surface area contributed by atoms with Crippen LogP contribution in [0.3, 0.4) is 0 Å². The minimum Gasteiger partial charge on any atom is -0.325 e. The number of rotatable bonds is 5. The zero-order valence-corrected chi connectivity index (χ0v) is 10.7. The van der Waals surface area contributed by atoms with Crippen molar-refractivity contribution in [1.29, 1.82) is 0 Å². The molecule has 0 bridgehead atoms. The Kier molecular flexibility index (Phi) is 4.00. The molecule has 2 aromatic rings. The van der Waals surface area contributed by atoms with Crippen LogP contribution < -0.4 is 11.1 Å². The SMILES string of the molecule is Cc1cnc(CNCc2csc(CN)n2)s1. The van der Waals surface area contributed by atoms with E-state index in [0.717, 1.165) is 28.8 Å². The number of aromatic nitrogens is 2. The van der Waals surface area contributed by atoms with E-state index in [4.69, 9.17) is 5.73 Å². The van der Waals surface area contributed by atoms with E-state index in [1.807, 2.05) is 11.6 Å². The minimum absolute atomic E-state index is 0.524. The van der Waals surface area contributed by atoms with Crippen LogP contribution in [0.1, 0.15) is 20.6 Å². The van der Waals surface area contributed by atoms with Crippen LogP contribution in [-0.4, -0.2) is 9.97 Å². The van der Waals surface area contributed by atoms with Crippen molar-refractivity contribution in [2.45, 2.75) is 26.6 Å². The molecule has 0 aliphatic carbocycles. The van der Waals surface area contributed by atoms with E-state index < -0.39 is 0 Å². The van der Waals surface area contributed by atoms with Gasteiger partial charge in [0.1, 0.15) is 10.0 Å². The number of hydrogen-bond acceptors (Lipinski definition) is 6. The Morgan fingerprint density at radius 1 is 1.38 bits per heavy atom. The third-order valence-corrected chi connectivity index (χ3v) is 3.86. The molecule has 2 aromatic heterocycles. The molecule has 2 heterocycles. The number of aryl methyl sites for hydroxylation is 1. The molecular formula is C10H14N4S2. The minimum atomic E-state index is 0.524. The molecule has 0 aromatic carbocycles. The number of nitrogens with one attached hydrogen (secondary N) is 1. The molecule has 0 amide bonds. The number of nitrogens with zero attached hydrogens (tertiary/aromatic N) is 2. The highest BCUT2D eigenvalue weighted by atomic mass is 32.1. The van der Waals surface area contributed by atoms with Crippen molar-refractivity contribution < 1.29 is 0 Å². The topological polar surface area (TPSA) is 63.8 Å². The molecule has 0 atom stereocenters. The van der Waals surface area contributed by atoms with Crippen LogP contribution in [0, 0.1) is 6.92 Å². The van der Waals surface area contributed by atoms with Crippen molar-refractivity contribution >= 4 is 22.7 Å². The van der Waals surface area contributed by atoms with Gasteiger partial charge in [-0.3, -0.25) is 0 Å². The van der Waals surface area contributed by atoms with Crippen LogP contribution in [-0.2, 0) is 19.6 Å². The Balaban J connectivity index is 1.79. The van der Waals surface area contributed by atoms with Gasteiger partial charge in [0.05, 0.1) is 5.69 Å². The normalized spacial score (nSPS) is 10.9. The molecular weight excluding hydrogens is 240 g/mol. The summed E-state index contributed by atoms with van der Waals surface area (Å²) in [5, 5.41) is 7.47. The summed E-state index contributed by atoms with van der Waals surface area (Å²) in [4.78, 5) is 9.91. The van der Waals surface area contributed by atoms with Crippen molar-refractivity contribution in [2.75, 3.05) is 0 Å². The quantitative estimate of drug-likeness (QED) is 0.851. The van der Waals surface area contributed by atoms with Crippen molar-refractivity contribution in [1.82, 2.24) is 15.3 Å². The van der Waals surface area contributed by atoms with E-state index in [-0.39, 0.29) is 0 Å². The monoisotopic (exact) mass is 254 g/mol. The summed E-state index contributed by atoms with van der Waals surface area (Å²) in [7, 11) is 0. The molecule has 0 aliphatic heterocycles. The van der Waals surface area contributed by atoms with Crippen LogP contribution in [0.5, 0.6) is 0 Å². The summed E-state index contributed by atoms with van der Waals surface area (Å²) in [6.07, 6.45) is 1.90. The standard InChI is InChI=1S/C10H14N4S2/c1-7-3-13-10(16-7)5-12-4-8-6-15-9(2-11)14-8/h3,6,12H,2,4-5,11H2,1H3. The maximum atomic E-state index is 5.50. The Labute approximate surface area is 103 Å². The van der Waals surface area contributed by atoms with Crippen molar-refractivity contribution in [3.05, 3.63) is 32.2 Å². The van der Waals surface area contributed by atoms with Crippen LogP contribution in [0.15, 0.2) is 11.6 Å². The largest absolute Gasteiger partial charge is 0.325 e. The highest BCUT2D eigenvalue weighted by Crippen LogP contribution is 2.11. The van der Waals surface area contributed by atoms with Crippen molar-refractivity contribution in [3.63, 3.8) is 0 Å². The third-order valence-electron chi connectivity index (χ3n) is 2.03. The molecule has 4 nitrogen and oxygen atoms in total. The summed E-state index contributed by atoms with van der Waals surface area (Å²) >= 11 is 3.33. The fourth-order valence-corrected chi connectivity index (χ4v) is 2.74. The molecule has 2 rings (SSSR count). The lowest BCUT2D eigenvalue weighted by molar-refractivity contribution is 0.677. The first kappa shape index (κ1) is 11.7. The molecule has 0 saturated heterocycles. The lowest BCUT2D eigenvalue weighted by Gasteiger charge is -1.98. The van der Waals surface area contributed by atoms with Gasteiger partial charge in [0.15, 0.2) is 0 Å². The maximum Gasteiger partial charge on any atom is 0.107 e. The van der Waals surface area contributed by atoms with Gasteiger partial charge >= 0.3 is 0 Å². The molecule has 6 heteroatoms. The molecule has 0 spiro atoms. The second kappa shape index (κ2) is 5.49. The Morgan fingerprint density at radius 2 is 2.25 bits per heavy atom. The molecule has 0 radical (unpaired) electrons. The molecule has 0 unspecified atom stereocenters. The van der Waals surface area contributed by atoms with E-state index in [0.29, 0.717) is 6.54 Å². The molecule has 16 heavy (non-hydrogen) atoms. The Morgan fingerprint density at radius 3 is 2.88 bits per heavy atom. The summed E-state index contributed by atoms with van der Waals surface area (Å²) in [6, 6.07) is 0. The highest BCUT2D eigenvalue weighted by molar-refractivity contribution is 7.11. The number of hydrogen-bond donors (Lipinski definition) is 2. The number of nitrogens with two attached hydrogens (primary N) is 1. The first-order chi connectivity index (χ1) is 7.78. The number of thiazole rings is 2. The van der Waals surface area contributed by atoms with Gasteiger partial charge in [0.2, 0.25) is 0 Å². The van der Waals surface area contributed by atoms with Crippen molar-refractivity contribution in [2.24, 2.45) is 5.73 Å². The third kappa shape index (κ3) is 3.08. The van der Waals surface area contributed by atoms with E-state index in [9.17, 15) is 0 Å². The van der Waals surface area contributed by atoms with Gasteiger partial charge in [0, 0.05) is 36.1 Å². The second-order valence-corrected chi connectivity index (χ2v) is 5.67. The molecule has 0 saturated carbocycles. The first-order valence-electron chi connectivity index (χ1n) is 5.03. The van der Waals surface area contributed by atoms with Gasteiger partial charge in [0.25, 0.3) is 0 Å². The average molecular weight is 254 g/mol. The van der Waals surface area contributed by atoms with Gasteiger partial charge in [-0.25, -0.2) is 9.97 Å². The fraction of sp³-hybridized carbons (Fsp3) is 0.400. The lowest BCUT2D eigenvalue weighted by atomic mass is 10.4. The molecule has 86 valence electrons. The van der Waals surface area contributed by atoms with Crippen LogP contribution in [0.25, 0.3) is 0 Å². The molecule has 0 fully saturated rings. The van der Waals surface area contributed by atoms with E-state index in [1.54, 1.807) is 22.7 Å². The summed E-state index contributed by atoms with van der Waals surface area (Å²) < 4.78 is 0. The van der Waals surface area contributed by atoms with E-state index >= 15 is 0 Å². The first-order valence-corrected chi connectivity index (χ1v) is 6.73. The van der Waals surface area contributed by atoms with Gasteiger partial charge in [-0.15, -0.1) is 22.7 Å². The predicted octanol–water partition coefficient (Wildman–Crippen LogP) is 1.66. The summed E-state index contributed by atoms with van der Waals surface area (Å²) in [6.45, 7) is 4.16. The Bertz CT molecular complexity index is 449. The average Bonchev–Trinajstić information content (AvgIpc) is 2.88. The van der Waals surface area contributed by atoms with Crippen LogP contribution in [0.2, 0.25) is 0 Å². The highest BCUT2D eigenvalue weighted by Gasteiger charge is 2.01. The van der Waals surface area contributed by atoms with Gasteiger partial charge in [-0.05, 0) is 6.92 Å². The van der Waals surface area contributed by atoms with Crippen molar-refractivity contribution in [3.8, 4) is 0 Å². The second-order valence-electron chi connectivity index (χ2n) is 3.40.